The second-order valence-corrected chi connectivity index (χ2v) is 7.67. The molecule has 0 unspecified atom stereocenters. The van der Waals surface area contributed by atoms with Crippen molar-refractivity contribution in [1.29, 1.82) is 0 Å². The average Bonchev–Trinajstić information content (AvgIpc) is 2.98. The summed E-state index contributed by atoms with van der Waals surface area (Å²) in [5, 5.41) is 21.4. The molecule has 0 aromatic heterocycles. The number of halogens is 1. The Bertz CT molecular complexity index is 1000. The van der Waals surface area contributed by atoms with Crippen LogP contribution in [0.1, 0.15) is 17.2 Å². The van der Waals surface area contributed by atoms with E-state index < -0.39 is 23.5 Å². The molecule has 0 spiro atoms. The van der Waals surface area contributed by atoms with Crippen molar-refractivity contribution in [2.75, 3.05) is 34.3 Å². The summed E-state index contributed by atoms with van der Waals surface area (Å²) in [7, 11) is 5.27. The lowest BCUT2D eigenvalue weighted by molar-refractivity contribution is -0.140. The van der Waals surface area contributed by atoms with Crippen LogP contribution in [0.4, 0.5) is 0 Å². The molecule has 30 heavy (non-hydrogen) atoms. The van der Waals surface area contributed by atoms with Gasteiger partial charge in [0.15, 0.2) is 0 Å². The molecular weight excluding hydrogens is 408 g/mol. The molecule has 8 heteroatoms. The molecule has 3 rings (SSSR count). The summed E-state index contributed by atoms with van der Waals surface area (Å²) in [5.41, 5.74) is 0.532. The molecule has 1 amide bonds. The van der Waals surface area contributed by atoms with Crippen molar-refractivity contribution in [1.82, 2.24) is 9.80 Å². The smallest absolute Gasteiger partial charge is 0.295 e. The van der Waals surface area contributed by atoms with Gasteiger partial charge in [0.25, 0.3) is 11.7 Å². The number of methoxy groups -OCH3 is 1. The highest BCUT2D eigenvalue weighted by Gasteiger charge is 2.46. The zero-order chi connectivity index (χ0) is 22.0. The van der Waals surface area contributed by atoms with Crippen LogP contribution >= 0.6 is 11.6 Å². The number of likely N-dealkylation sites (N-methyl/N-ethyl adjacent to an activating group) is 1. The first kappa shape index (κ1) is 21.7. The van der Waals surface area contributed by atoms with Crippen molar-refractivity contribution in [3.8, 4) is 11.5 Å². The number of aliphatic hydroxyl groups is 1. The SMILES string of the molecule is COc1ccc([C@H]2C(=C(O)c3cc(Cl)ccc3O)C(=O)C(=O)N2CCN(C)C)cc1. The monoisotopic (exact) mass is 430 g/mol. The van der Waals surface area contributed by atoms with Gasteiger partial charge in [-0.25, -0.2) is 0 Å². The van der Waals surface area contributed by atoms with Crippen LogP contribution in [0.3, 0.4) is 0 Å². The summed E-state index contributed by atoms with van der Waals surface area (Å²) in [6, 6.07) is 10.2. The minimum absolute atomic E-state index is 0.00776. The molecule has 0 saturated carbocycles. The molecule has 7 nitrogen and oxygen atoms in total. The maximum Gasteiger partial charge on any atom is 0.295 e. The first-order valence-corrected chi connectivity index (χ1v) is 9.68. The second kappa shape index (κ2) is 8.77. The fraction of sp³-hybridized carbons (Fsp3) is 0.273. The van der Waals surface area contributed by atoms with Gasteiger partial charge in [-0.2, -0.15) is 0 Å². The third-order valence-corrected chi connectivity index (χ3v) is 5.21. The number of hydrogen-bond acceptors (Lipinski definition) is 6. The maximum atomic E-state index is 12.9. The molecule has 1 aliphatic heterocycles. The van der Waals surface area contributed by atoms with Crippen LogP contribution in [0, 0.1) is 0 Å². The second-order valence-electron chi connectivity index (χ2n) is 7.23. The van der Waals surface area contributed by atoms with E-state index in [1.807, 2.05) is 19.0 Å². The van der Waals surface area contributed by atoms with Crippen LogP contribution in [0.25, 0.3) is 5.76 Å². The average molecular weight is 431 g/mol. The summed E-state index contributed by atoms with van der Waals surface area (Å²) in [6.45, 7) is 0.814. The van der Waals surface area contributed by atoms with E-state index in [0.29, 0.717) is 17.9 Å². The number of likely N-dealkylation sites (tertiary alicyclic amines) is 1. The number of hydrogen-bond donors (Lipinski definition) is 2. The third kappa shape index (κ3) is 4.13. The number of phenolic OH excluding ortho intramolecular Hbond substituents is 1. The number of aromatic hydroxyl groups is 1. The zero-order valence-electron chi connectivity index (χ0n) is 16.9. The topological polar surface area (TPSA) is 90.3 Å². The number of rotatable bonds is 6. The van der Waals surface area contributed by atoms with E-state index in [1.165, 1.54) is 23.1 Å². The fourth-order valence-corrected chi connectivity index (χ4v) is 3.57. The molecule has 0 radical (unpaired) electrons. The molecule has 1 saturated heterocycles. The molecule has 2 aromatic rings. The number of amides is 1. The van der Waals surface area contributed by atoms with Gasteiger partial charge in [0.2, 0.25) is 0 Å². The van der Waals surface area contributed by atoms with Gasteiger partial charge in [0, 0.05) is 18.1 Å². The summed E-state index contributed by atoms with van der Waals surface area (Å²) < 4.78 is 5.19. The van der Waals surface area contributed by atoms with Crippen LogP contribution in [0.5, 0.6) is 11.5 Å². The Balaban J connectivity index is 2.18. The van der Waals surface area contributed by atoms with Crippen molar-refractivity contribution in [2.45, 2.75) is 6.04 Å². The highest BCUT2D eigenvalue weighted by Crippen LogP contribution is 2.41. The number of benzene rings is 2. The van der Waals surface area contributed by atoms with Crippen LogP contribution < -0.4 is 4.74 Å². The van der Waals surface area contributed by atoms with Crippen molar-refractivity contribution < 1.29 is 24.5 Å². The van der Waals surface area contributed by atoms with E-state index in [4.69, 9.17) is 16.3 Å². The van der Waals surface area contributed by atoms with Crippen molar-refractivity contribution in [3.05, 3.63) is 64.2 Å². The number of ketones is 1. The number of carbonyl (C=O) groups is 2. The van der Waals surface area contributed by atoms with E-state index in [2.05, 4.69) is 0 Å². The third-order valence-electron chi connectivity index (χ3n) is 4.97. The largest absolute Gasteiger partial charge is 0.507 e. The first-order chi connectivity index (χ1) is 14.2. The number of aliphatic hydroxyl groups excluding tert-OH is 1. The van der Waals surface area contributed by atoms with Crippen LogP contribution in [0.2, 0.25) is 5.02 Å². The lowest BCUT2D eigenvalue weighted by Gasteiger charge is -2.26. The number of carbonyl (C=O) groups excluding carboxylic acids is 2. The number of Topliss-reactive ketones (excluding diaryl/α,β-unsaturated/α-hetero) is 1. The minimum Gasteiger partial charge on any atom is -0.507 e. The Kier molecular flexibility index (Phi) is 6.34. The van der Waals surface area contributed by atoms with E-state index >= 15 is 0 Å². The summed E-state index contributed by atoms with van der Waals surface area (Å²) in [5.74, 6) is -1.62. The Morgan fingerprint density at radius 1 is 1.17 bits per heavy atom. The maximum absolute atomic E-state index is 12.9. The Morgan fingerprint density at radius 2 is 1.83 bits per heavy atom. The minimum atomic E-state index is -0.813. The Labute approximate surface area is 179 Å². The molecule has 0 bridgehead atoms. The van der Waals surface area contributed by atoms with Gasteiger partial charge in [0.05, 0.1) is 24.3 Å². The highest BCUT2D eigenvalue weighted by molar-refractivity contribution is 6.46. The summed E-state index contributed by atoms with van der Waals surface area (Å²) >= 11 is 6.01. The standard InChI is InChI=1S/C22H23ClN2O5/c1-24(2)10-11-25-19(13-4-7-15(30-3)8-5-13)18(21(28)22(25)29)20(27)16-12-14(23)6-9-17(16)26/h4-9,12,19,26-27H,10-11H2,1-3H3/t19-/m0/s1. The number of nitrogens with zero attached hydrogens (tertiary/aromatic N) is 2. The number of ether oxygens (including phenoxy) is 1. The molecule has 2 N–H and O–H groups in total. The molecule has 1 aliphatic rings. The Hall–Kier alpha value is -3.03. The lowest BCUT2D eigenvalue weighted by atomic mass is 9.95. The molecule has 158 valence electrons. The van der Waals surface area contributed by atoms with Gasteiger partial charge < -0.3 is 24.7 Å². The first-order valence-electron chi connectivity index (χ1n) is 9.30. The predicted molar refractivity (Wildman–Crippen MR) is 114 cm³/mol. The van der Waals surface area contributed by atoms with Gasteiger partial charge in [-0.15, -0.1) is 0 Å². The van der Waals surface area contributed by atoms with Gasteiger partial charge in [-0.05, 0) is 50.0 Å². The predicted octanol–water partition coefficient (Wildman–Crippen LogP) is 3.04. The molecule has 2 aromatic carbocycles. The fourth-order valence-electron chi connectivity index (χ4n) is 3.39. The summed E-state index contributed by atoms with van der Waals surface area (Å²) in [4.78, 5) is 29.1. The van der Waals surface area contributed by atoms with Crippen LogP contribution in [-0.2, 0) is 9.59 Å². The molecule has 1 atom stereocenters. The highest BCUT2D eigenvalue weighted by atomic mass is 35.5. The summed E-state index contributed by atoms with van der Waals surface area (Å²) in [6.07, 6.45) is 0. The molecule has 1 heterocycles. The molecular formula is C22H23ClN2O5. The zero-order valence-corrected chi connectivity index (χ0v) is 17.7. The van der Waals surface area contributed by atoms with Crippen molar-refractivity contribution in [3.63, 3.8) is 0 Å². The van der Waals surface area contributed by atoms with E-state index in [-0.39, 0.29) is 28.5 Å². The molecule has 0 aliphatic carbocycles. The van der Waals surface area contributed by atoms with Gasteiger partial charge in [0.1, 0.15) is 17.3 Å². The van der Waals surface area contributed by atoms with Crippen molar-refractivity contribution in [2.24, 2.45) is 0 Å². The number of phenols is 1. The lowest BCUT2D eigenvalue weighted by Crippen LogP contribution is -2.35. The van der Waals surface area contributed by atoms with Crippen LogP contribution in [-0.4, -0.2) is 66.0 Å². The molecule has 1 fully saturated rings. The van der Waals surface area contributed by atoms with Gasteiger partial charge >= 0.3 is 0 Å². The Morgan fingerprint density at radius 3 is 2.43 bits per heavy atom. The van der Waals surface area contributed by atoms with E-state index in [1.54, 1.807) is 31.4 Å². The quantitative estimate of drug-likeness (QED) is 0.416. The van der Waals surface area contributed by atoms with Gasteiger partial charge in [-0.1, -0.05) is 23.7 Å². The van der Waals surface area contributed by atoms with E-state index in [0.717, 1.165) is 0 Å². The van der Waals surface area contributed by atoms with Crippen LogP contribution in [0.15, 0.2) is 48.0 Å². The van der Waals surface area contributed by atoms with E-state index in [9.17, 15) is 19.8 Å². The van der Waals surface area contributed by atoms with Gasteiger partial charge in [-0.3, -0.25) is 9.59 Å². The normalized spacial score (nSPS) is 18.3. The van der Waals surface area contributed by atoms with Crippen molar-refractivity contribution >= 4 is 29.1 Å².